The third-order valence-corrected chi connectivity index (χ3v) is 5.08. The Kier molecular flexibility index (Phi) is 4.66. The molecule has 0 atom stereocenters. The zero-order valence-corrected chi connectivity index (χ0v) is 15.5. The molecule has 4 rings (SSSR count). The summed E-state index contributed by atoms with van der Waals surface area (Å²) in [6, 6.07) is 11.1. The fraction of sp³-hybridized carbons (Fsp3) is 0.350. The molecule has 0 unspecified atom stereocenters. The number of aryl methyl sites for hydroxylation is 1. The normalized spacial score (nSPS) is 15.1. The van der Waals surface area contributed by atoms with E-state index in [0.29, 0.717) is 30.4 Å². The molecular formula is C20H22N4O3. The number of hydrogen-bond donors (Lipinski definition) is 0. The van der Waals surface area contributed by atoms with Crippen LogP contribution in [0.3, 0.4) is 0 Å². The van der Waals surface area contributed by atoms with Gasteiger partial charge in [-0.25, -0.2) is 0 Å². The third kappa shape index (κ3) is 3.45. The summed E-state index contributed by atoms with van der Waals surface area (Å²) in [5.41, 5.74) is 1.61. The number of hydrogen-bond acceptors (Lipinski definition) is 5. The highest BCUT2D eigenvalue weighted by atomic mass is 16.5. The molecule has 0 bridgehead atoms. The molecule has 1 aliphatic heterocycles. The predicted octanol–water partition coefficient (Wildman–Crippen LogP) is 3.10. The Morgan fingerprint density at radius 1 is 1.19 bits per heavy atom. The maximum Gasteiger partial charge on any atom is 0.253 e. The van der Waals surface area contributed by atoms with Gasteiger partial charge in [-0.2, -0.15) is 4.98 Å². The first-order valence-corrected chi connectivity index (χ1v) is 9.04. The quantitative estimate of drug-likeness (QED) is 0.709. The van der Waals surface area contributed by atoms with Gasteiger partial charge in [0, 0.05) is 37.8 Å². The molecule has 1 aliphatic rings. The number of carbonyl (C=O) groups excluding carboxylic acids is 1. The van der Waals surface area contributed by atoms with Gasteiger partial charge in [0.1, 0.15) is 5.75 Å². The first-order valence-electron chi connectivity index (χ1n) is 9.04. The van der Waals surface area contributed by atoms with Crippen LogP contribution >= 0.6 is 0 Å². The fourth-order valence-electron chi connectivity index (χ4n) is 3.44. The molecule has 0 aliphatic carbocycles. The molecule has 3 heterocycles. The van der Waals surface area contributed by atoms with Gasteiger partial charge < -0.3 is 18.7 Å². The second-order valence-electron chi connectivity index (χ2n) is 6.76. The van der Waals surface area contributed by atoms with Crippen LogP contribution in [0.1, 0.15) is 35.0 Å². The summed E-state index contributed by atoms with van der Waals surface area (Å²) in [4.78, 5) is 19.1. The van der Waals surface area contributed by atoms with Gasteiger partial charge >= 0.3 is 0 Å². The lowest BCUT2D eigenvalue weighted by atomic mass is 9.96. The summed E-state index contributed by atoms with van der Waals surface area (Å²) in [6.07, 6.45) is 3.59. The minimum absolute atomic E-state index is 0.0473. The van der Waals surface area contributed by atoms with E-state index in [0.717, 1.165) is 24.3 Å². The Bertz CT molecular complexity index is 921. The van der Waals surface area contributed by atoms with Crippen LogP contribution in [-0.4, -0.2) is 45.7 Å². The van der Waals surface area contributed by atoms with Crippen molar-refractivity contribution in [2.75, 3.05) is 20.2 Å². The van der Waals surface area contributed by atoms with Crippen molar-refractivity contribution in [1.29, 1.82) is 0 Å². The second kappa shape index (κ2) is 7.26. The lowest BCUT2D eigenvalue weighted by molar-refractivity contribution is 0.0704. The van der Waals surface area contributed by atoms with E-state index in [9.17, 15) is 4.79 Å². The summed E-state index contributed by atoms with van der Waals surface area (Å²) in [7, 11) is 3.57. The van der Waals surface area contributed by atoms with Crippen LogP contribution in [0.2, 0.25) is 0 Å². The molecule has 7 nitrogen and oxygen atoms in total. The topological polar surface area (TPSA) is 73.4 Å². The number of piperidine rings is 1. The zero-order valence-electron chi connectivity index (χ0n) is 15.5. The van der Waals surface area contributed by atoms with Crippen LogP contribution in [0.15, 0.2) is 47.1 Å². The first-order chi connectivity index (χ1) is 13.2. The molecule has 1 amide bonds. The number of methoxy groups -OCH3 is 1. The molecule has 1 aromatic carbocycles. The lowest BCUT2D eigenvalue weighted by Gasteiger charge is -2.30. The molecule has 1 fully saturated rings. The highest BCUT2D eigenvalue weighted by Gasteiger charge is 2.28. The van der Waals surface area contributed by atoms with E-state index in [1.807, 2.05) is 47.0 Å². The van der Waals surface area contributed by atoms with Gasteiger partial charge in [-0.05, 0) is 49.2 Å². The predicted molar refractivity (Wildman–Crippen MR) is 99.6 cm³/mol. The number of carbonyl (C=O) groups is 1. The Morgan fingerprint density at radius 2 is 1.93 bits per heavy atom. The van der Waals surface area contributed by atoms with E-state index in [-0.39, 0.29) is 11.8 Å². The minimum atomic E-state index is 0.0473. The number of ether oxygens (including phenoxy) is 1. The van der Waals surface area contributed by atoms with Crippen molar-refractivity contribution in [1.82, 2.24) is 19.6 Å². The number of amides is 1. The molecule has 27 heavy (non-hydrogen) atoms. The van der Waals surface area contributed by atoms with Gasteiger partial charge in [0.05, 0.1) is 12.8 Å². The van der Waals surface area contributed by atoms with Crippen LogP contribution in [0, 0.1) is 0 Å². The highest BCUT2D eigenvalue weighted by molar-refractivity contribution is 5.94. The summed E-state index contributed by atoms with van der Waals surface area (Å²) in [5.74, 6) is 2.24. The van der Waals surface area contributed by atoms with Crippen LogP contribution in [0.25, 0.3) is 11.5 Å². The van der Waals surface area contributed by atoms with Crippen LogP contribution in [0.4, 0.5) is 0 Å². The van der Waals surface area contributed by atoms with E-state index < -0.39 is 0 Å². The third-order valence-electron chi connectivity index (χ3n) is 5.08. The largest absolute Gasteiger partial charge is 0.497 e. The summed E-state index contributed by atoms with van der Waals surface area (Å²) >= 11 is 0. The maximum absolute atomic E-state index is 12.7. The molecule has 0 spiro atoms. The highest BCUT2D eigenvalue weighted by Crippen LogP contribution is 2.29. The molecule has 0 N–H and O–H groups in total. The Morgan fingerprint density at radius 3 is 2.56 bits per heavy atom. The zero-order chi connectivity index (χ0) is 18.8. The Hall–Kier alpha value is -3.09. The van der Waals surface area contributed by atoms with Crippen molar-refractivity contribution in [3.8, 4) is 17.3 Å². The van der Waals surface area contributed by atoms with Crippen LogP contribution in [-0.2, 0) is 7.05 Å². The van der Waals surface area contributed by atoms with E-state index >= 15 is 0 Å². The first kappa shape index (κ1) is 17.3. The number of benzene rings is 1. The number of rotatable bonds is 4. The summed E-state index contributed by atoms with van der Waals surface area (Å²) < 4.78 is 12.6. The van der Waals surface area contributed by atoms with Gasteiger partial charge in [0.25, 0.3) is 5.91 Å². The monoisotopic (exact) mass is 366 g/mol. The van der Waals surface area contributed by atoms with Crippen LogP contribution < -0.4 is 4.74 Å². The van der Waals surface area contributed by atoms with Gasteiger partial charge in [0.15, 0.2) is 0 Å². The molecular weight excluding hydrogens is 344 g/mol. The van der Waals surface area contributed by atoms with E-state index in [1.54, 1.807) is 19.2 Å². The minimum Gasteiger partial charge on any atom is -0.497 e. The molecule has 1 saturated heterocycles. The van der Waals surface area contributed by atoms with Crippen molar-refractivity contribution >= 4 is 5.91 Å². The summed E-state index contributed by atoms with van der Waals surface area (Å²) in [6.45, 7) is 1.36. The maximum atomic E-state index is 12.7. The van der Waals surface area contributed by atoms with E-state index in [2.05, 4.69) is 10.1 Å². The molecule has 7 heteroatoms. The van der Waals surface area contributed by atoms with E-state index in [1.165, 1.54) is 0 Å². The molecule has 0 saturated carbocycles. The van der Waals surface area contributed by atoms with Crippen molar-refractivity contribution in [2.45, 2.75) is 18.8 Å². The van der Waals surface area contributed by atoms with Gasteiger partial charge in [-0.1, -0.05) is 5.16 Å². The number of likely N-dealkylation sites (tertiary alicyclic amines) is 1. The van der Waals surface area contributed by atoms with Gasteiger partial charge in [-0.15, -0.1) is 0 Å². The summed E-state index contributed by atoms with van der Waals surface area (Å²) in [5, 5.41) is 4.11. The second-order valence-corrected chi connectivity index (χ2v) is 6.76. The lowest BCUT2D eigenvalue weighted by Crippen LogP contribution is -2.38. The average molecular weight is 366 g/mol. The molecule has 0 radical (unpaired) electrons. The van der Waals surface area contributed by atoms with Crippen molar-refractivity contribution in [3.63, 3.8) is 0 Å². The number of aromatic nitrogens is 3. The van der Waals surface area contributed by atoms with Crippen molar-refractivity contribution in [2.24, 2.45) is 7.05 Å². The molecule has 140 valence electrons. The smallest absolute Gasteiger partial charge is 0.253 e. The molecule has 2 aromatic heterocycles. The standard InChI is InChI=1S/C20H22N4O3/c1-23-11-3-4-17(23)18-21-19(27-22-18)14-9-12-24(13-10-14)20(25)15-5-7-16(26-2)8-6-15/h3-8,11,14H,9-10,12-13H2,1-2H3. The Labute approximate surface area is 157 Å². The number of nitrogens with zero attached hydrogens (tertiary/aromatic N) is 4. The van der Waals surface area contributed by atoms with Crippen LogP contribution in [0.5, 0.6) is 5.75 Å². The van der Waals surface area contributed by atoms with Crippen molar-refractivity contribution < 1.29 is 14.1 Å². The molecule has 3 aromatic rings. The van der Waals surface area contributed by atoms with Crippen molar-refractivity contribution in [3.05, 3.63) is 54.0 Å². The van der Waals surface area contributed by atoms with Gasteiger partial charge in [0.2, 0.25) is 11.7 Å². The SMILES string of the molecule is COc1ccc(C(=O)N2CCC(c3nc(-c4cccn4C)no3)CC2)cc1. The van der Waals surface area contributed by atoms with E-state index in [4.69, 9.17) is 9.26 Å². The average Bonchev–Trinajstić information content (AvgIpc) is 3.36. The Balaban J connectivity index is 1.39. The van der Waals surface area contributed by atoms with Gasteiger partial charge in [-0.3, -0.25) is 4.79 Å². The fourth-order valence-corrected chi connectivity index (χ4v) is 3.44.